The summed E-state index contributed by atoms with van der Waals surface area (Å²) in [5.74, 6) is 0. The monoisotopic (exact) mass is 1100 g/mol. The first-order valence-corrected chi connectivity index (χ1v) is 30.3. The molecule has 13 rings (SSSR count). The standard InChI is InChI=1S/C84H68N2/c1-5-19-71(20-6-1)83(72-21-7-2-8-22-72)59-67-47-55-79(56-48-67)85(61-75-31-17-29-69-27-13-15-33-81(69)75)77-51-43-65(44-52-77)41-39-63-35-37-64(38-36-63)40-42-66-45-53-78(54-46-66)86(62-76-32-18-30-70-28-14-16-34-82(70)76)80-57-49-68(50-58-80)60-84(73-23-9-3-10-24-73)74-25-11-4-12-26-74/h1-16,19-28,33-62H,17-18,29-32H2/b41-39+,42-40+,75-61-,76-62+. The highest BCUT2D eigenvalue weighted by molar-refractivity contribution is 5.93. The fraction of sp³-hybridized carbons (Fsp3) is 0.0714. The molecule has 2 aliphatic carbocycles. The van der Waals surface area contributed by atoms with Crippen LogP contribution in [0.4, 0.5) is 22.7 Å². The zero-order valence-electron chi connectivity index (χ0n) is 48.5. The molecule has 0 unspecified atom stereocenters. The average Bonchev–Trinajstić information content (AvgIpc) is 3.32. The zero-order chi connectivity index (χ0) is 57.7. The van der Waals surface area contributed by atoms with Crippen molar-refractivity contribution < 1.29 is 0 Å². The van der Waals surface area contributed by atoms with Crippen LogP contribution >= 0.6 is 0 Å². The second kappa shape index (κ2) is 26.4. The molecule has 0 fully saturated rings. The number of hydrogen-bond acceptors (Lipinski definition) is 2. The lowest BCUT2D eigenvalue weighted by atomic mass is 9.88. The molecule has 2 aliphatic rings. The van der Waals surface area contributed by atoms with Crippen LogP contribution in [-0.2, 0) is 12.8 Å². The van der Waals surface area contributed by atoms with Crippen molar-refractivity contribution in [3.63, 3.8) is 0 Å². The molecule has 0 atom stereocenters. The molecule has 0 saturated carbocycles. The Balaban J connectivity index is 0.714. The maximum absolute atomic E-state index is 2.37. The van der Waals surface area contributed by atoms with Gasteiger partial charge in [0.1, 0.15) is 0 Å². The van der Waals surface area contributed by atoms with Gasteiger partial charge in [-0.05, 0) is 199 Å². The first-order valence-electron chi connectivity index (χ1n) is 30.3. The van der Waals surface area contributed by atoms with Gasteiger partial charge < -0.3 is 9.80 Å². The molecule has 0 N–H and O–H groups in total. The van der Waals surface area contributed by atoms with Crippen LogP contribution in [0.25, 0.3) is 58.7 Å². The van der Waals surface area contributed by atoms with Gasteiger partial charge in [-0.25, -0.2) is 0 Å². The lowest BCUT2D eigenvalue weighted by molar-refractivity contribution is 0.820. The minimum atomic E-state index is 1.05. The number of nitrogens with zero attached hydrogens (tertiary/aromatic N) is 2. The van der Waals surface area contributed by atoms with Crippen molar-refractivity contribution in [1.82, 2.24) is 0 Å². The van der Waals surface area contributed by atoms with Crippen molar-refractivity contribution in [3.8, 4) is 0 Å². The van der Waals surface area contributed by atoms with Gasteiger partial charge in [-0.2, -0.15) is 0 Å². The van der Waals surface area contributed by atoms with Crippen molar-refractivity contribution in [2.45, 2.75) is 38.5 Å². The van der Waals surface area contributed by atoms with Crippen molar-refractivity contribution >= 4 is 81.5 Å². The third-order valence-electron chi connectivity index (χ3n) is 16.6. The smallest absolute Gasteiger partial charge is 0.0456 e. The average molecular weight is 1110 g/mol. The zero-order valence-corrected chi connectivity index (χ0v) is 48.5. The summed E-state index contributed by atoms with van der Waals surface area (Å²) in [6.07, 6.45) is 24.8. The predicted molar refractivity (Wildman–Crippen MR) is 369 cm³/mol. The van der Waals surface area contributed by atoms with Gasteiger partial charge in [0, 0.05) is 35.1 Å². The van der Waals surface area contributed by atoms with Crippen LogP contribution in [0, 0.1) is 0 Å². The highest BCUT2D eigenvalue weighted by Crippen LogP contribution is 2.38. The van der Waals surface area contributed by atoms with Gasteiger partial charge in [0.05, 0.1) is 0 Å². The largest absolute Gasteiger partial charge is 0.317 e. The minimum Gasteiger partial charge on any atom is -0.317 e. The fourth-order valence-electron chi connectivity index (χ4n) is 12.0. The van der Waals surface area contributed by atoms with Crippen molar-refractivity contribution in [2.75, 3.05) is 9.80 Å². The van der Waals surface area contributed by atoms with E-state index >= 15 is 0 Å². The first kappa shape index (κ1) is 54.7. The number of aryl methyl sites for hydroxylation is 2. The normalized spacial score (nSPS) is 13.7. The van der Waals surface area contributed by atoms with E-state index in [9.17, 15) is 0 Å². The first-order chi connectivity index (χ1) is 42.6. The lowest BCUT2D eigenvalue weighted by Crippen LogP contribution is -2.12. The van der Waals surface area contributed by atoms with Crippen LogP contribution in [0.2, 0.25) is 0 Å². The van der Waals surface area contributed by atoms with Gasteiger partial charge in [0.15, 0.2) is 0 Å². The van der Waals surface area contributed by atoms with E-state index in [-0.39, 0.29) is 0 Å². The summed E-state index contributed by atoms with van der Waals surface area (Å²) in [5, 5.41) is 0. The van der Waals surface area contributed by atoms with E-state index in [1.54, 1.807) is 0 Å². The van der Waals surface area contributed by atoms with E-state index < -0.39 is 0 Å². The van der Waals surface area contributed by atoms with Crippen LogP contribution in [0.1, 0.15) is 104 Å². The molecule has 0 aliphatic heterocycles. The van der Waals surface area contributed by atoms with E-state index in [1.165, 1.54) is 66.8 Å². The number of rotatable bonds is 16. The highest BCUT2D eigenvalue weighted by Gasteiger charge is 2.19. The Hall–Kier alpha value is -10.5. The number of allylic oxidation sites excluding steroid dienone is 2. The van der Waals surface area contributed by atoms with Crippen LogP contribution in [0.15, 0.2) is 304 Å². The maximum Gasteiger partial charge on any atom is 0.0456 e. The molecule has 0 spiro atoms. The third kappa shape index (κ3) is 13.1. The minimum absolute atomic E-state index is 1.05. The van der Waals surface area contributed by atoms with E-state index in [0.717, 1.165) is 94.7 Å². The number of fused-ring (bicyclic) bond motifs is 2. The Kier molecular flexibility index (Phi) is 16.8. The quantitative estimate of drug-likeness (QED) is 0.0890. The molecule has 414 valence electrons. The molecule has 0 radical (unpaired) electrons. The molecule has 0 saturated heterocycles. The third-order valence-corrected chi connectivity index (χ3v) is 16.6. The summed E-state index contributed by atoms with van der Waals surface area (Å²) >= 11 is 0. The lowest BCUT2D eigenvalue weighted by Gasteiger charge is -2.26. The van der Waals surface area contributed by atoms with Gasteiger partial charge in [-0.3, -0.25) is 0 Å². The summed E-state index contributed by atoms with van der Waals surface area (Å²) in [5.41, 5.74) is 26.9. The SMILES string of the molecule is C(=C(c1ccccc1)c1ccccc1)c1ccc(N(/C=C2/CCCc3ccccc32)c2ccc(/C=C/c3ccc(/C=C/c4ccc(N(/C=C5\CCCc6ccccc65)c5ccc(C=C(c6ccccc6)c6ccccc6)cc5)cc4)cc3)cc2)cc1. The molecule has 0 bridgehead atoms. The van der Waals surface area contributed by atoms with Crippen LogP contribution < -0.4 is 9.80 Å². The summed E-state index contributed by atoms with van der Waals surface area (Å²) in [6, 6.07) is 105. The second-order valence-electron chi connectivity index (χ2n) is 22.3. The van der Waals surface area contributed by atoms with Gasteiger partial charge in [-0.15, -0.1) is 0 Å². The van der Waals surface area contributed by atoms with Crippen molar-refractivity contribution in [3.05, 3.63) is 381 Å². The Labute approximate surface area is 508 Å². The molecule has 0 aromatic heterocycles. The van der Waals surface area contributed by atoms with E-state index in [1.807, 2.05) is 0 Å². The topological polar surface area (TPSA) is 6.48 Å². The van der Waals surface area contributed by atoms with Gasteiger partial charge >= 0.3 is 0 Å². The highest BCUT2D eigenvalue weighted by atomic mass is 15.1. The number of benzene rings is 11. The summed E-state index contributed by atoms with van der Waals surface area (Å²) in [6.45, 7) is 0. The van der Waals surface area contributed by atoms with Gasteiger partial charge in [0.25, 0.3) is 0 Å². The van der Waals surface area contributed by atoms with Crippen molar-refractivity contribution in [1.29, 1.82) is 0 Å². The molecular formula is C84H68N2. The molecule has 86 heavy (non-hydrogen) atoms. The van der Waals surface area contributed by atoms with E-state index in [0.29, 0.717) is 0 Å². The molecular weight excluding hydrogens is 1040 g/mol. The Bertz CT molecular complexity index is 3880. The van der Waals surface area contributed by atoms with E-state index in [2.05, 4.69) is 350 Å². The predicted octanol–water partition coefficient (Wildman–Crippen LogP) is 22.2. The maximum atomic E-state index is 2.37. The molecule has 0 heterocycles. The summed E-state index contributed by atoms with van der Waals surface area (Å²) < 4.78 is 0. The molecule has 2 heteroatoms. The van der Waals surface area contributed by atoms with Crippen LogP contribution in [-0.4, -0.2) is 0 Å². The van der Waals surface area contributed by atoms with Crippen LogP contribution in [0.3, 0.4) is 0 Å². The molecule has 2 nitrogen and oxygen atoms in total. The molecule has 0 amide bonds. The fourth-order valence-corrected chi connectivity index (χ4v) is 12.0. The van der Waals surface area contributed by atoms with Crippen LogP contribution in [0.5, 0.6) is 0 Å². The Morgan fingerprint density at radius 2 is 0.500 bits per heavy atom. The molecule has 11 aromatic carbocycles. The number of hydrogen-bond donors (Lipinski definition) is 0. The number of anilines is 4. The second-order valence-corrected chi connectivity index (χ2v) is 22.3. The van der Waals surface area contributed by atoms with Crippen molar-refractivity contribution in [2.24, 2.45) is 0 Å². The Morgan fingerprint density at radius 3 is 0.802 bits per heavy atom. The summed E-state index contributed by atoms with van der Waals surface area (Å²) in [7, 11) is 0. The van der Waals surface area contributed by atoms with Gasteiger partial charge in [-0.1, -0.05) is 267 Å². The molecule has 11 aromatic rings. The Morgan fingerprint density at radius 1 is 0.244 bits per heavy atom. The van der Waals surface area contributed by atoms with Gasteiger partial charge in [0.2, 0.25) is 0 Å². The summed E-state index contributed by atoms with van der Waals surface area (Å²) in [4.78, 5) is 4.73. The van der Waals surface area contributed by atoms with E-state index in [4.69, 9.17) is 0 Å².